The first-order valence-corrected chi connectivity index (χ1v) is 6.14. The fraction of sp³-hybridized carbons (Fsp3) is 0.385. The highest BCUT2D eigenvalue weighted by Gasteiger charge is 2.33. The lowest BCUT2D eigenvalue weighted by Crippen LogP contribution is -2.32. The van der Waals surface area contributed by atoms with E-state index < -0.39 is 0 Å². The number of nitrogens with two attached hydrogens (primary N) is 1. The summed E-state index contributed by atoms with van der Waals surface area (Å²) in [5.74, 6) is -1.00. The monoisotopic (exact) mass is 265 g/mol. The van der Waals surface area contributed by atoms with Gasteiger partial charge in [-0.05, 0) is 24.3 Å². The van der Waals surface area contributed by atoms with E-state index in [2.05, 4.69) is 5.32 Å². The Labute approximate surface area is 110 Å². The largest absolute Gasteiger partial charge is 0.341 e. The molecule has 0 spiro atoms. The van der Waals surface area contributed by atoms with Crippen molar-refractivity contribution in [3.8, 4) is 0 Å². The molecule has 6 heteroatoms. The van der Waals surface area contributed by atoms with Gasteiger partial charge in [-0.3, -0.25) is 9.59 Å². The summed E-state index contributed by atoms with van der Waals surface area (Å²) in [6.07, 6.45) is 0.201. The summed E-state index contributed by atoms with van der Waals surface area (Å²) in [5.41, 5.74) is 5.92. The van der Waals surface area contributed by atoms with E-state index in [1.165, 1.54) is 24.3 Å². The summed E-state index contributed by atoms with van der Waals surface area (Å²) < 4.78 is 12.7. The molecule has 2 rings (SSSR count). The van der Waals surface area contributed by atoms with E-state index in [0.29, 0.717) is 25.3 Å². The summed E-state index contributed by atoms with van der Waals surface area (Å²) in [6.45, 7) is 1.25. The van der Waals surface area contributed by atoms with Crippen LogP contribution in [0.5, 0.6) is 0 Å². The molecule has 0 aliphatic carbocycles. The molecule has 1 aliphatic heterocycles. The van der Waals surface area contributed by atoms with Crippen molar-refractivity contribution in [1.29, 1.82) is 0 Å². The Kier molecular flexibility index (Phi) is 4.11. The average Bonchev–Trinajstić information content (AvgIpc) is 2.75. The summed E-state index contributed by atoms with van der Waals surface area (Å²) in [5, 5.41) is 2.68. The van der Waals surface area contributed by atoms with Gasteiger partial charge in [0.15, 0.2) is 0 Å². The molecule has 0 bridgehead atoms. The predicted octanol–water partition coefficient (Wildman–Crippen LogP) is 0.571. The molecular weight excluding hydrogens is 249 g/mol. The van der Waals surface area contributed by atoms with Gasteiger partial charge in [-0.1, -0.05) is 0 Å². The highest BCUT2D eigenvalue weighted by Crippen LogP contribution is 2.19. The molecule has 1 saturated heterocycles. The lowest BCUT2D eigenvalue weighted by Gasteiger charge is -2.15. The van der Waals surface area contributed by atoms with Crippen LogP contribution in [0.15, 0.2) is 24.3 Å². The minimum Gasteiger partial charge on any atom is -0.341 e. The van der Waals surface area contributed by atoms with Gasteiger partial charge in [0, 0.05) is 31.7 Å². The second-order valence-corrected chi connectivity index (χ2v) is 4.53. The van der Waals surface area contributed by atoms with Crippen LogP contribution in [0.3, 0.4) is 0 Å². The number of nitrogens with zero attached hydrogens (tertiary/aromatic N) is 1. The number of anilines is 1. The summed E-state index contributed by atoms with van der Waals surface area (Å²) in [7, 11) is 0. The van der Waals surface area contributed by atoms with Crippen molar-refractivity contribution in [1.82, 2.24) is 4.90 Å². The highest BCUT2D eigenvalue weighted by atomic mass is 19.1. The first kappa shape index (κ1) is 13.5. The van der Waals surface area contributed by atoms with E-state index in [1.807, 2.05) is 0 Å². The third kappa shape index (κ3) is 3.29. The maximum Gasteiger partial charge on any atom is 0.229 e. The van der Waals surface area contributed by atoms with Crippen LogP contribution >= 0.6 is 0 Å². The summed E-state index contributed by atoms with van der Waals surface area (Å²) in [4.78, 5) is 25.2. The second-order valence-electron chi connectivity index (χ2n) is 4.53. The number of hydrogen-bond donors (Lipinski definition) is 2. The molecule has 3 N–H and O–H groups in total. The van der Waals surface area contributed by atoms with E-state index >= 15 is 0 Å². The molecular formula is C13H16FN3O2. The van der Waals surface area contributed by atoms with Crippen molar-refractivity contribution in [2.24, 2.45) is 11.7 Å². The van der Waals surface area contributed by atoms with Gasteiger partial charge >= 0.3 is 0 Å². The Bertz CT molecular complexity index is 475. The first-order valence-electron chi connectivity index (χ1n) is 6.14. The van der Waals surface area contributed by atoms with Gasteiger partial charge in [0.2, 0.25) is 11.8 Å². The lowest BCUT2D eigenvalue weighted by molar-refractivity contribution is -0.128. The maximum atomic E-state index is 12.7. The van der Waals surface area contributed by atoms with Crippen molar-refractivity contribution in [2.45, 2.75) is 6.42 Å². The maximum absolute atomic E-state index is 12.7. The topological polar surface area (TPSA) is 75.4 Å². The third-order valence-electron chi connectivity index (χ3n) is 3.10. The molecule has 2 amide bonds. The zero-order valence-electron chi connectivity index (χ0n) is 10.4. The van der Waals surface area contributed by atoms with Gasteiger partial charge in [-0.15, -0.1) is 0 Å². The molecule has 1 aliphatic rings. The number of hydrogen-bond acceptors (Lipinski definition) is 3. The minimum atomic E-state index is -0.371. The Hall–Kier alpha value is -1.95. The zero-order valence-corrected chi connectivity index (χ0v) is 10.4. The van der Waals surface area contributed by atoms with Crippen molar-refractivity contribution in [3.05, 3.63) is 30.1 Å². The smallest absolute Gasteiger partial charge is 0.229 e. The second kappa shape index (κ2) is 5.79. The van der Waals surface area contributed by atoms with Crippen LogP contribution in [-0.4, -0.2) is 36.3 Å². The van der Waals surface area contributed by atoms with Gasteiger partial charge in [0.05, 0.1) is 5.92 Å². The number of amides is 2. The summed E-state index contributed by atoms with van der Waals surface area (Å²) in [6, 6.07) is 5.52. The van der Waals surface area contributed by atoms with E-state index in [4.69, 9.17) is 5.73 Å². The Morgan fingerprint density at radius 2 is 2.11 bits per heavy atom. The van der Waals surface area contributed by atoms with Crippen LogP contribution in [0, 0.1) is 11.7 Å². The number of nitrogens with one attached hydrogen (secondary N) is 1. The molecule has 1 fully saturated rings. The van der Waals surface area contributed by atoms with Crippen LogP contribution in [0.2, 0.25) is 0 Å². The molecule has 0 saturated carbocycles. The van der Waals surface area contributed by atoms with Gasteiger partial charge in [0.25, 0.3) is 0 Å². The molecule has 1 aromatic carbocycles. The van der Waals surface area contributed by atoms with Crippen LogP contribution in [0.25, 0.3) is 0 Å². The van der Waals surface area contributed by atoms with Gasteiger partial charge in [-0.25, -0.2) is 4.39 Å². The molecule has 1 unspecified atom stereocenters. The number of carbonyl (C=O) groups excluding carboxylic acids is 2. The van der Waals surface area contributed by atoms with Crippen LogP contribution in [0.4, 0.5) is 10.1 Å². The molecule has 0 radical (unpaired) electrons. The number of carbonyl (C=O) groups is 2. The van der Waals surface area contributed by atoms with Crippen molar-refractivity contribution in [3.63, 3.8) is 0 Å². The highest BCUT2D eigenvalue weighted by molar-refractivity contribution is 5.97. The van der Waals surface area contributed by atoms with E-state index in [0.717, 1.165) is 0 Å². The van der Waals surface area contributed by atoms with E-state index in [9.17, 15) is 14.0 Å². The van der Waals surface area contributed by atoms with Crippen molar-refractivity contribution < 1.29 is 14.0 Å². The number of rotatable bonds is 4. The molecule has 0 aromatic heterocycles. The Morgan fingerprint density at radius 3 is 2.74 bits per heavy atom. The third-order valence-corrected chi connectivity index (χ3v) is 3.10. The Morgan fingerprint density at radius 1 is 1.42 bits per heavy atom. The minimum absolute atomic E-state index is 0.0512. The fourth-order valence-corrected chi connectivity index (χ4v) is 2.10. The zero-order chi connectivity index (χ0) is 13.8. The average molecular weight is 265 g/mol. The standard InChI is InChI=1S/C13H16FN3O2/c14-10-1-3-11(4-2-10)16-13(19)9-7-12(18)17(8-9)6-5-15/h1-4,9H,5-8,15H2,(H,16,19). The van der Waals surface area contributed by atoms with Gasteiger partial charge in [0.1, 0.15) is 5.82 Å². The van der Waals surface area contributed by atoms with Gasteiger partial charge < -0.3 is 16.0 Å². The van der Waals surface area contributed by atoms with Crippen LogP contribution in [0.1, 0.15) is 6.42 Å². The van der Waals surface area contributed by atoms with Crippen LogP contribution < -0.4 is 11.1 Å². The quantitative estimate of drug-likeness (QED) is 0.835. The predicted molar refractivity (Wildman–Crippen MR) is 68.8 cm³/mol. The molecule has 102 valence electrons. The van der Waals surface area contributed by atoms with Gasteiger partial charge in [-0.2, -0.15) is 0 Å². The normalized spacial score (nSPS) is 18.7. The Balaban J connectivity index is 1.94. The number of halogens is 1. The van der Waals surface area contributed by atoms with E-state index in [1.54, 1.807) is 4.90 Å². The number of likely N-dealkylation sites (tertiary alicyclic amines) is 1. The van der Waals surface area contributed by atoms with Crippen LogP contribution in [-0.2, 0) is 9.59 Å². The molecule has 1 atom stereocenters. The molecule has 1 heterocycles. The summed E-state index contributed by atoms with van der Waals surface area (Å²) >= 11 is 0. The first-order chi connectivity index (χ1) is 9.10. The molecule has 1 aromatic rings. The number of benzene rings is 1. The van der Waals surface area contributed by atoms with Crippen molar-refractivity contribution in [2.75, 3.05) is 25.0 Å². The lowest BCUT2D eigenvalue weighted by atomic mass is 10.1. The molecule has 5 nitrogen and oxygen atoms in total. The van der Waals surface area contributed by atoms with E-state index in [-0.39, 0.29) is 30.0 Å². The molecule has 19 heavy (non-hydrogen) atoms. The fourth-order valence-electron chi connectivity index (χ4n) is 2.10. The van der Waals surface area contributed by atoms with Crippen molar-refractivity contribution >= 4 is 17.5 Å². The SMILES string of the molecule is NCCN1CC(C(=O)Nc2ccc(F)cc2)CC1=O.